The molecule has 1 aliphatic heterocycles. The van der Waals surface area contributed by atoms with Crippen molar-refractivity contribution in [3.63, 3.8) is 0 Å². The molecule has 1 saturated heterocycles. The van der Waals surface area contributed by atoms with E-state index in [1.54, 1.807) is 0 Å². The zero-order valence-electron chi connectivity index (χ0n) is 14.1. The fraction of sp³-hybridized carbons (Fsp3) is 0.474. The minimum absolute atomic E-state index is 0.0379. The monoisotopic (exact) mass is 362 g/mol. The van der Waals surface area contributed by atoms with E-state index in [0.717, 1.165) is 24.7 Å². The predicted molar refractivity (Wildman–Crippen MR) is 92.8 cm³/mol. The second-order valence-corrected chi connectivity index (χ2v) is 7.29. The molecule has 2 aliphatic rings. The number of nitrogens with one attached hydrogen (secondary N) is 1. The molecule has 1 N–H and O–H groups in total. The molecule has 0 saturated carbocycles. The number of hydrogen-bond donors (Lipinski definition) is 1. The number of quaternary nitrogens is 1. The molecule has 0 aromatic heterocycles. The first-order valence-electron chi connectivity index (χ1n) is 8.77. The first-order valence-corrected chi connectivity index (χ1v) is 9.15. The maximum atomic E-state index is 12.7. The largest absolute Gasteiger partial charge is 0.550 e. The number of benzene rings is 1. The molecule has 1 heterocycles. The van der Waals surface area contributed by atoms with Crippen molar-refractivity contribution in [2.24, 2.45) is 11.8 Å². The van der Waals surface area contributed by atoms with E-state index in [-0.39, 0.29) is 5.91 Å². The smallest absolute Gasteiger partial charge is 0.227 e. The van der Waals surface area contributed by atoms with Crippen LogP contribution in [-0.4, -0.2) is 43.0 Å². The van der Waals surface area contributed by atoms with Crippen molar-refractivity contribution in [3.8, 4) is 0 Å². The quantitative estimate of drug-likeness (QED) is 0.761. The molecule has 1 fully saturated rings. The van der Waals surface area contributed by atoms with Crippen LogP contribution in [0.4, 0.5) is 0 Å². The van der Waals surface area contributed by atoms with Gasteiger partial charge in [0.2, 0.25) is 5.91 Å². The fourth-order valence-electron chi connectivity index (χ4n) is 3.69. The molecule has 1 aliphatic carbocycles. The van der Waals surface area contributed by atoms with E-state index in [1.807, 2.05) is 41.3 Å². The highest BCUT2D eigenvalue weighted by molar-refractivity contribution is 6.30. The van der Waals surface area contributed by atoms with Crippen LogP contribution in [0.3, 0.4) is 0 Å². The molecular weight excluding hydrogens is 340 g/mol. The van der Waals surface area contributed by atoms with Crippen LogP contribution in [0.25, 0.3) is 0 Å². The van der Waals surface area contributed by atoms with E-state index < -0.39 is 17.8 Å². The average Bonchev–Trinajstić information content (AvgIpc) is 2.63. The Morgan fingerprint density at radius 3 is 2.28 bits per heavy atom. The summed E-state index contributed by atoms with van der Waals surface area (Å²) in [7, 11) is 0. The van der Waals surface area contributed by atoms with Crippen molar-refractivity contribution < 1.29 is 19.6 Å². The summed E-state index contributed by atoms with van der Waals surface area (Å²) in [6.07, 6.45) is 4.62. The van der Waals surface area contributed by atoms with Gasteiger partial charge in [-0.15, -0.1) is 0 Å². The molecule has 1 amide bonds. The Bertz CT molecular complexity index is 651. The molecule has 0 radical (unpaired) electrons. The van der Waals surface area contributed by atoms with Crippen LogP contribution in [0, 0.1) is 11.8 Å². The maximum absolute atomic E-state index is 12.7. The minimum Gasteiger partial charge on any atom is -0.550 e. The summed E-state index contributed by atoms with van der Waals surface area (Å²) < 4.78 is 0. The summed E-state index contributed by atoms with van der Waals surface area (Å²) in [5.41, 5.74) is 1.23. The molecule has 25 heavy (non-hydrogen) atoms. The number of carbonyl (C=O) groups is 2. The third-order valence-corrected chi connectivity index (χ3v) is 5.45. The number of carboxylic acids is 1. The van der Waals surface area contributed by atoms with Crippen LogP contribution in [0.5, 0.6) is 0 Å². The summed E-state index contributed by atoms with van der Waals surface area (Å²) in [6.45, 7) is 3.98. The van der Waals surface area contributed by atoms with Gasteiger partial charge in [-0.3, -0.25) is 4.79 Å². The molecule has 0 spiro atoms. The van der Waals surface area contributed by atoms with Crippen molar-refractivity contribution in [3.05, 3.63) is 47.0 Å². The lowest BCUT2D eigenvalue weighted by molar-refractivity contribution is -0.917. The van der Waals surface area contributed by atoms with Crippen molar-refractivity contribution in [2.75, 3.05) is 26.2 Å². The molecule has 6 heteroatoms. The number of amides is 1. The van der Waals surface area contributed by atoms with Gasteiger partial charge >= 0.3 is 0 Å². The van der Waals surface area contributed by atoms with Gasteiger partial charge in [-0.1, -0.05) is 35.9 Å². The number of carbonyl (C=O) groups excluding carboxylic acids is 2. The number of rotatable bonds is 4. The van der Waals surface area contributed by atoms with Gasteiger partial charge in [0, 0.05) is 28.4 Å². The van der Waals surface area contributed by atoms with Crippen molar-refractivity contribution in [1.82, 2.24) is 4.90 Å². The van der Waals surface area contributed by atoms with Gasteiger partial charge in [0.15, 0.2) is 0 Å². The van der Waals surface area contributed by atoms with Gasteiger partial charge in [0.25, 0.3) is 0 Å². The molecule has 5 nitrogen and oxygen atoms in total. The lowest BCUT2D eigenvalue weighted by Crippen LogP contribution is -3.13. The first kappa shape index (κ1) is 18.0. The number of hydrogen-bond acceptors (Lipinski definition) is 3. The van der Waals surface area contributed by atoms with Crippen molar-refractivity contribution in [2.45, 2.75) is 19.4 Å². The molecule has 3 rings (SSSR count). The second kappa shape index (κ2) is 8.02. The summed E-state index contributed by atoms with van der Waals surface area (Å²) in [4.78, 5) is 27.3. The van der Waals surface area contributed by atoms with Crippen LogP contribution in [0.15, 0.2) is 36.4 Å². The van der Waals surface area contributed by atoms with Gasteiger partial charge in [-0.2, -0.15) is 0 Å². The minimum atomic E-state index is -1.12. The van der Waals surface area contributed by atoms with E-state index in [1.165, 1.54) is 10.5 Å². The van der Waals surface area contributed by atoms with Gasteiger partial charge < -0.3 is 19.7 Å². The fourth-order valence-corrected chi connectivity index (χ4v) is 3.82. The molecule has 1 aromatic carbocycles. The highest BCUT2D eigenvalue weighted by Crippen LogP contribution is 2.27. The number of aliphatic carboxylic acids is 1. The maximum Gasteiger partial charge on any atom is 0.227 e. The summed E-state index contributed by atoms with van der Waals surface area (Å²) >= 11 is 5.91. The highest BCUT2D eigenvalue weighted by atomic mass is 35.5. The van der Waals surface area contributed by atoms with E-state index in [4.69, 9.17) is 11.6 Å². The number of nitrogens with zero attached hydrogens (tertiary/aromatic N) is 1. The Labute approximate surface area is 152 Å². The number of carboxylic acid groups (broad SMARTS) is 1. The zero-order chi connectivity index (χ0) is 17.8. The normalized spacial score (nSPS) is 24.3. The average molecular weight is 363 g/mol. The van der Waals surface area contributed by atoms with Gasteiger partial charge in [-0.25, -0.2) is 0 Å². The highest BCUT2D eigenvalue weighted by Gasteiger charge is 2.34. The Kier molecular flexibility index (Phi) is 5.76. The number of halogens is 1. The summed E-state index contributed by atoms with van der Waals surface area (Å²) in [5, 5.41) is 12.0. The standard InChI is InChI=1S/C19H23ClN2O3/c20-15-7-5-14(6-8-15)13-21-9-11-22(12-10-21)18(23)16-3-1-2-4-17(16)19(24)25/h1-2,5-8,16-17H,3-4,9-13H2,(H,24,25)/t16-,17-/m0/s1. The number of piperazine rings is 1. The molecule has 134 valence electrons. The molecule has 1 aromatic rings. The molecule has 0 unspecified atom stereocenters. The predicted octanol–water partition coefficient (Wildman–Crippen LogP) is -0.101. The van der Waals surface area contributed by atoms with Crippen molar-refractivity contribution >= 4 is 23.5 Å². The Hall–Kier alpha value is -1.85. The molecule has 0 bridgehead atoms. The Balaban J connectivity index is 1.54. The first-order chi connectivity index (χ1) is 12.0. The van der Waals surface area contributed by atoms with E-state index in [0.29, 0.717) is 25.9 Å². The van der Waals surface area contributed by atoms with E-state index in [2.05, 4.69) is 0 Å². The third-order valence-electron chi connectivity index (χ3n) is 5.20. The lowest BCUT2D eigenvalue weighted by atomic mass is 9.82. The third kappa shape index (κ3) is 4.41. The van der Waals surface area contributed by atoms with Crippen LogP contribution in [0.2, 0.25) is 5.02 Å². The van der Waals surface area contributed by atoms with Crippen LogP contribution in [-0.2, 0) is 16.1 Å². The topological polar surface area (TPSA) is 64.9 Å². The molecule has 2 atom stereocenters. The van der Waals surface area contributed by atoms with Crippen molar-refractivity contribution in [1.29, 1.82) is 0 Å². The lowest BCUT2D eigenvalue weighted by Gasteiger charge is -2.37. The van der Waals surface area contributed by atoms with E-state index in [9.17, 15) is 14.7 Å². The Morgan fingerprint density at radius 1 is 1.08 bits per heavy atom. The van der Waals surface area contributed by atoms with Crippen LogP contribution < -0.4 is 10.0 Å². The van der Waals surface area contributed by atoms with E-state index >= 15 is 0 Å². The van der Waals surface area contributed by atoms with Crippen LogP contribution in [0.1, 0.15) is 18.4 Å². The second-order valence-electron chi connectivity index (χ2n) is 6.85. The zero-order valence-corrected chi connectivity index (χ0v) is 14.9. The number of allylic oxidation sites excluding steroid dienone is 2. The SMILES string of the molecule is O=C([O-])[C@H]1CC=CC[C@@H]1C(=O)N1CC[NH+](Cc2ccc(Cl)cc2)CC1. The molecular formula is C19H23ClN2O3. The Morgan fingerprint density at radius 2 is 1.68 bits per heavy atom. The van der Waals surface area contributed by atoms with Crippen LogP contribution >= 0.6 is 11.6 Å². The van der Waals surface area contributed by atoms with Gasteiger partial charge in [0.05, 0.1) is 26.2 Å². The van der Waals surface area contributed by atoms with Gasteiger partial charge in [-0.05, 0) is 25.0 Å². The summed E-state index contributed by atoms with van der Waals surface area (Å²) in [5.74, 6) is -2.33. The van der Waals surface area contributed by atoms with Gasteiger partial charge in [0.1, 0.15) is 6.54 Å². The summed E-state index contributed by atoms with van der Waals surface area (Å²) in [6, 6.07) is 7.86.